The molecule has 6 nitrogen and oxygen atoms in total. The number of aromatic nitrogens is 1. The average Bonchev–Trinajstić information content (AvgIpc) is 3.15. The topological polar surface area (TPSA) is 75.4 Å². The number of nitrogens with zero attached hydrogens (tertiary/aromatic N) is 2. The molecule has 1 aliphatic heterocycles. The molecule has 1 N–H and O–H groups in total. The first kappa shape index (κ1) is 16.2. The molecule has 1 aliphatic rings. The number of nitrogens with one attached hydrogen (secondary N) is 1. The van der Waals surface area contributed by atoms with Crippen LogP contribution in [-0.4, -0.2) is 34.8 Å². The van der Waals surface area contributed by atoms with Gasteiger partial charge in [0.15, 0.2) is 5.76 Å². The molecule has 1 fully saturated rings. The molecule has 3 rings (SSSR count). The van der Waals surface area contributed by atoms with E-state index in [9.17, 15) is 9.59 Å². The van der Waals surface area contributed by atoms with Gasteiger partial charge in [0, 0.05) is 38.7 Å². The van der Waals surface area contributed by atoms with Crippen LogP contribution in [0.5, 0.6) is 0 Å². The van der Waals surface area contributed by atoms with Gasteiger partial charge >= 0.3 is 0 Å². The van der Waals surface area contributed by atoms with Crippen LogP contribution in [0.2, 0.25) is 0 Å². The lowest BCUT2D eigenvalue weighted by atomic mass is 9.96. The van der Waals surface area contributed by atoms with Crippen LogP contribution in [0.25, 0.3) is 11.5 Å². The molecular weight excluding hydrogens is 306 g/mol. The maximum absolute atomic E-state index is 12.3. The Labute approximate surface area is 140 Å². The number of hydrogen-bond acceptors (Lipinski definition) is 4. The fourth-order valence-corrected chi connectivity index (χ4v) is 2.89. The van der Waals surface area contributed by atoms with Crippen LogP contribution < -0.4 is 5.32 Å². The van der Waals surface area contributed by atoms with E-state index in [-0.39, 0.29) is 17.7 Å². The summed E-state index contributed by atoms with van der Waals surface area (Å²) >= 11 is 0. The second-order valence-electron chi connectivity index (χ2n) is 6.03. The fraction of sp³-hybridized carbons (Fsp3) is 0.389. The standard InChI is InChI=1S/C18H21N3O3/c1-13(22)21-8-6-15(7-9-21)18(23)20-12-14-4-5-16(19-11-14)17-3-2-10-24-17/h2-5,10-11,15H,6-9,12H2,1H3,(H,20,23). The third-order valence-corrected chi connectivity index (χ3v) is 4.38. The number of furan rings is 1. The predicted octanol–water partition coefficient (Wildman–Crippen LogP) is 2.22. The first-order valence-electron chi connectivity index (χ1n) is 8.15. The van der Waals surface area contributed by atoms with Crippen LogP contribution in [0.3, 0.4) is 0 Å². The summed E-state index contributed by atoms with van der Waals surface area (Å²) in [5.41, 5.74) is 1.71. The molecule has 1 saturated heterocycles. The van der Waals surface area contributed by atoms with Crippen molar-refractivity contribution in [3.63, 3.8) is 0 Å². The Bertz CT molecular complexity index is 687. The van der Waals surface area contributed by atoms with Gasteiger partial charge < -0.3 is 14.6 Å². The van der Waals surface area contributed by atoms with Gasteiger partial charge in [0.2, 0.25) is 11.8 Å². The number of hydrogen-bond donors (Lipinski definition) is 1. The zero-order valence-corrected chi connectivity index (χ0v) is 13.7. The van der Waals surface area contributed by atoms with Crippen molar-refractivity contribution in [1.29, 1.82) is 0 Å². The Hall–Kier alpha value is -2.63. The second kappa shape index (κ2) is 7.29. The lowest BCUT2D eigenvalue weighted by molar-refractivity contribution is -0.134. The molecule has 2 amide bonds. The van der Waals surface area contributed by atoms with Gasteiger partial charge in [-0.2, -0.15) is 0 Å². The van der Waals surface area contributed by atoms with E-state index in [1.807, 2.05) is 24.3 Å². The Balaban J connectivity index is 1.49. The third kappa shape index (κ3) is 3.82. The van der Waals surface area contributed by atoms with Crippen molar-refractivity contribution < 1.29 is 14.0 Å². The van der Waals surface area contributed by atoms with E-state index >= 15 is 0 Å². The summed E-state index contributed by atoms with van der Waals surface area (Å²) in [4.78, 5) is 29.7. The summed E-state index contributed by atoms with van der Waals surface area (Å²) in [6.45, 7) is 3.34. The monoisotopic (exact) mass is 327 g/mol. The molecule has 3 heterocycles. The van der Waals surface area contributed by atoms with Gasteiger partial charge in [-0.1, -0.05) is 6.07 Å². The van der Waals surface area contributed by atoms with E-state index in [0.29, 0.717) is 19.6 Å². The SMILES string of the molecule is CC(=O)N1CCC(C(=O)NCc2ccc(-c3ccco3)nc2)CC1. The lowest BCUT2D eigenvalue weighted by Gasteiger charge is -2.30. The molecule has 0 spiro atoms. The summed E-state index contributed by atoms with van der Waals surface area (Å²) in [5, 5.41) is 2.96. The van der Waals surface area contributed by atoms with Crippen molar-refractivity contribution >= 4 is 11.8 Å². The summed E-state index contributed by atoms with van der Waals surface area (Å²) < 4.78 is 5.30. The molecular formula is C18H21N3O3. The molecule has 0 saturated carbocycles. The summed E-state index contributed by atoms with van der Waals surface area (Å²) in [6.07, 6.45) is 4.81. The van der Waals surface area contributed by atoms with Gasteiger partial charge in [0.1, 0.15) is 5.69 Å². The van der Waals surface area contributed by atoms with Crippen LogP contribution in [0.15, 0.2) is 41.1 Å². The summed E-state index contributed by atoms with van der Waals surface area (Å²) in [6, 6.07) is 7.49. The van der Waals surface area contributed by atoms with Gasteiger partial charge in [-0.05, 0) is 36.6 Å². The fourth-order valence-electron chi connectivity index (χ4n) is 2.89. The molecule has 0 bridgehead atoms. The first-order valence-corrected chi connectivity index (χ1v) is 8.15. The van der Waals surface area contributed by atoms with Crippen LogP contribution in [0.4, 0.5) is 0 Å². The molecule has 126 valence electrons. The van der Waals surface area contributed by atoms with Gasteiger partial charge in [0.05, 0.1) is 6.26 Å². The molecule has 6 heteroatoms. The van der Waals surface area contributed by atoms with Crippen LogP contribution in [0, 0.1) is 5.92 Å². The minimum absolute atomic E-state index is 0.0176. The van der Waals surface area contributed by atoms with E-state index in [1.165, 1.54) is 0 Å². The number of pyridine rings is 1. The minimum atomic E-state index is -0.0176. The average molecular weight is 327 g/mol. The molecule has 2 aromatic rings. The Morgan fingerprint density at radius 1 is 1.29 bits per heavy atom. The predicted molar refractivity (Wildman–Crippen MR) is 88.8 cm³/mol. The smallest absolute Gasteiger partial charge is 0.223 e. The number of rotatable bonds is 4. The Kier molecular flexibility index (Phi) is 4.93. The van der Waals surface area contributed by atoms with Gasteiger partial charge in [-0.3, -0.25) is 14.6 Å². The highest BCUT2D eigenvalue weighted by atomic mass is 16.3. The maximum Gasteiger partial charge on any atom is 0.223 e. The van der Waals surface area contributed by atoms with Crippen molar-refractivity contribution in [3.8, 4) is 11.5 Å². The molecule has 0 unspecified atom stereocenters. The zero-order valence-electron chi connectivity index (χ0n) is 13.7. The van der Waals surface area contributed by atoms with E-state index in [4.69, 9.17) is 4.42 Å². The van der Waals surface area contributed by atoms with E-state index in [1.54, 1.807) is 24.3 Å². The Morgan fingerprint density at radius 2 is 2.08 bits per heavy atom. The van der Waals surface area contributed by atoms with Crippen molar-refractivity contribution in [2.75, 3.05) is 13.1 Å². The highest BCUT2D eigenvalue weighted by Crippen LogP contribution is 2.19. The molecule has 0 aliphatic carbocycles. The highest BCUT2D eigenvalue weighted by Gasteiger charge is 2.25. The minimum Gasteiger partial charge on any atom is -0.463 e. The number of carbonyl (C=O) groups excluding carboxylic acids is 2. The first-order chi connectivity index (χ1) is 11.6. The third-order valence-electron chi connectivity index (χ3n) is 4.38. The van der Waals surface area contributed by atoms with E-state index in [0.717, 1.165) is 29.9 Å². The van der Waals surface area contributed by atoms with Crippen molar-refractivity contribution in [3.05, 3.63) is 42.3 Å². The van der Waals surface area contributed by atoms with Crippen LogP contribution >= 0.6 is 0 Å². The molecule has 24 heavy (non-hydrogen) atoms. The quantitative estimate of drug-likeness (QED) is 0.934. The molecule has 2 aromatic heterocycles. The van der Waals surface area contributed by atoms with Crippen LogP contribution in [0.1, 0.15) is 25.3 Å². The normalized spacial score (nSPS) is 15.3. The summed E-state index contributed by atoms with van der Waals surface area (Å²) in [5.74, 6) is 0.837. The maximum atomic E-state index is 12.3. The molecule has 0 radical (unpaired) electrons. The second-order valence-corrected chi connectivity index (χ2v) is 6.03. The molecule has 0 atom stereocenters. The summed E-state index contributed by atoms with van der Waals surface area (Å²) in [7, 11) is 0. The molecule has 0 aromatic carbocycles. The highest BCUT2D eigenvalue weighted by molar-refractivity contribution is 5.79. The van der Waals surface area contributed by atoms with E-state index < -0.39 is 0 Å². The van der Waals surface area contributed by atoms with E-state index in [2.05, 4.69) is 10.3 Å². The van der Waals surface area contributed by atoms with Gasteiger partial charge in [-0.15, -0.1) is 0 Å². The largest absolute Gasteiger partial charge is 0.463 e. The number of amides is 2. The van der Waals surface area contributed by atoms with Gasteiger partial charge in [0.25, 0.3) is 0 Å². The van der Waals surface area contributed by atoms with Crippen molar-refractivity contribution in [2.45, 2.75) is 26.3 Å². The zero-order chi connectivity index (χ0) is 16.9. The van der Waals surface area contributed by atoms with Crippen molar-refractivity contribution in [1.82, 2.24) is 15.2 Å². The number of likely N-dealkylation sites (tertiary alicyclic amines) is 1. The van der Waals surface area contributed by atoms with Crippen molar-refractivity contribution in [2.24, 2.45) is 5.92 Å². The number of carbonyl (C=O) groups is 2. The Morgan fingerprint density at radius 3 is 2.67 bits per heavy atom. The lowest BCUT2D eigenvalue weighted by Crippen LogP contribution is -2.42. The van der Waals surface area contributed by atoms with Gasteiger partial charge in [-0.25, -0.2) is 0 Å². The van der Waals surface area contributed by atoms with Crippen LogP contribution in [-0.2, 0) is 16.1 Å². The number of piperidine rings is 1.